The minimum absolute atomic E-state index is 0.132. The first kappa shape index (κ1) is 21.8. The van der Waals surface area contributed by atoms with Gasteiger partial charge in [0.25, 0.3) is 0 Å². The van der Waals surface area contributed by atoms with Crippen molar-refractivity contribution in [2.75, 3.05) is 0 Å². The summed E-state index contributed by atoms with van der Waals surface area (Å²) in [7, 11) is 0. The minimum atomic E-state index is -0.970. The van der Waals surface area contributed by atoms with Gasteiger partial charge in [-0.05, 0) is 55.8 Å². The maximum Gasteiger partial charge on any atom is 0.349 e. The molecule has 2 aromatic carbocycles. The van der Waals surface area contributed by atoms with Gasteiger partial charge in [0.15, 0.2) is 0 Å². The van der Waals surface area contributed by atoms with Crippen LogP contribution in [0.5, 0.6) is 0 Å². The van der Waals surface area contributed by atoms with E-state index in [4.69, 9.17) is 5.11 Å². The zero-order valence-electron chi connectivity index (χ0n) is 15.2. The normalized spacial score (nSPS) is 10.9. The topological polar surface area (TPSA) is 100 Å². The van der Waals surface area contributed by atoms with Crippen LogP contribution >= 0.6 is 31.9 Å². The summed E-state index contributed by atoms with van der Waals surface area (Å²) in [4.78, 5) is 28.3. The van der Waals surface area contributed by atoms with Crippen molar-refractivity contribution in [2.24, 2.45) is 4.99 Å². The number of aromatic nitrogens is 3. The van der Waals surface area contributed by atoms with Gasteiger partial charge in [-0.15, -0.1) is 0 Å². The predicted octanol–water partition coefficient (Wildman–Crippen LogP) is 4.13. The second-order valence-electron chi connectivity index (χ2n) is 5.74. The molecule has 0 aliphatic rings. The minimum Gasteiger partial charge on any atom is -0.477 e. The van der Waals surface area contributed by atoms with E-state index < -0.39 is 5.97 Å². The van der Waals surface area contributed by atoms with Gasteiger partial charge < -0.3 is 5.11 Å². The van der Waals surface area contributed by atoms with Gasteiger partial charge in [0.2, 0.25) is 0 Å². The Morgan fingerprint density at radius 3 is 2.11 bits per heavy atom. The van der Waals surface area contributed by atoms with Crippen LogP contribution in [0.3, 0.4) is 0 Å². The van der Waals surface area contributed by atoms with Crippen LogP contribution in [-0.2, 0) is 11.3 Å². The first-order valence-corrected chi connectivity index (χ1v) is 9.75. The average Bonchev–Trinajstić information content (AvgIpc) is 3.00. The first-order valence-electron chi connectivity index (χ1n) is 8.17. The van der Waals surface area contributed by atoms with Crippen molar-refractivity contribution in [1.82, 2.24) is 14.8 Å². The molecule has 1 aromatic heterocycles. The highest BCUT2D eigenvalue weighted by atomic mass is 79.9. The van der Waals surface area contributed by atoms with Gasteiger partial charge >= 0.3 is 11.7 Å². The number of nitrogens with zero attached hydrogens (tertiary/aromatic N) is 3. The second kappa shape index (κ2) is 10.1. The molecule has 7 nitrogen and oxygen atoms in total. The summed E-state index contributed by atoms with van der Waals surface area (Å²) in [6, 6.07) is 15.0. The van der Waals surface area contributed by atoms with E-state index in [-0.39, 0.29) is 11.4 Å². The van der Waals surface area contributed by atoms with Crippen LogP contribution in [0.1, 0.15) is 18.3 Å². The molecular weight excluding hydrogens is 492 g/mol. The molecular formula is C19H18Br2N4O3. The summed E-state index contributed by atoms with van der Waals surface area (Å²) in [6.45, 7) is 3.64. The molecule has 3 aromatic rings. The number of H-pyrrole nitrogens is 1. The molecule has 0 amide bonds. The van der Waals surface area contributed by atoms with Crippen molar-refractivity contribution < 1.29 is 9.90 Å². The van der Waals surface area contributed by atoms with Crippen molar-refractivity contribution in [3.8, 4) is 5.69 Å². The van der Waals surface area contributed by atoms with Gasteiger partial charge in [0.1, 0.15) is 11.5 Å². The molecule has 0 radical (unpaired) electrons. The number of aliphatic imine (C=N–C) groups is 1. The van der Waals surface area contributed by atoms with Crippen LogP contribution < -0.4 is 5.69 Å². The Labute approximate surface area is 178 Å². The molecule has 0 aliphatic heterocycles. The van der Waals surface area contributed by atoms with Gasteiger partial charge in [0.05, 0.1) is 12.2 Å². The lowest BCUT2D eigenvalue weighted by Crippen LogP contribution is -2.15. The van der Waals surface area contributed by atoms with Gasteiger partial charge in [-0.2, -0.15) is 9.78 Å². The maximum absolute atomic E-state index is 11.4. The average molecular weight is 510 g/mol. The van der Waals surface area contributed by atoms with Crippen LogP contribution in [0.25, 0.3) is 5.69 Å². The predicted molar refractivity (Wildman–Crippen MR) is 115 cm³/mol. The van der Waals surface area contributed by atoms with E-state index in [1.165, 1.54) is 11.6 Å². The van der Waals surface area contributed by atoms with E-state index in [2.05, 4.69) is 46.9 Å². The molecule has 0 spiro atoms. The van der Waals surface area contributed by atoms with Crippen molar-refractivity contribution in [2.45, 2.75) is 20.4 Å². The molecule has 3 rings (SSSR count). The fourth-order valence-corrected chi connectivity index (χ4v) is 2.58. The van der Waals surface area contributed by atoms with Crippen molar-refractivity contribution in [3.05, 3.63) is 79.3 Å². The van der Waals surface area contributed by atoms with Crippen molar-refractivity contribution in [1.29, 1.82) is 0 Å². The third kappa shape index (κ3) is 6.58. The summed E-state index contributed by atoms with van der Waals surface area (Å²) < 4.78 is 3.31. The smallest absolute Gasteiger partial charge is 0.349 e. The SMILES string of the molecule is CC(=NCc1ccc(Br)cc1)C(=O)O.Cc1nn(-c2ccc(Br)cc2)c(=O)[nH]1. The molecule has 146 valence electrons. The fourth-order valence-electron chi connectivity index (χ4n) is 2.05. The van der Waals surface area contributed by atoms with E-state index in [1.807, 2.05) is 48.5 Å². The monoisotopic (exact) mass is 508 g/mol. The Morgan fingerprint density at radius 2 is 1.64 bits per heavy atom. The zero-order chi connectivity index (χ0) is 20.7. The molecule has 0 saturated heterocycles. The number of rotatable bonds is 4. The number of benzene rings is 2. The molecule has 0 fully saturated rings. The van der Waals surface area contributed by atoms with Crippen LogP contribution in [0.2, 0.25) is 0 Å². The highest BCUT2D eigenvalue weighted by molar-refractivity contribution is 9.10. The van der Waals surface area contributed by atoms with E-state index in [0.717, 1.165) is 20.2 Å². The summed E-state index contributed by atoms with van der Waals surface area (Å²) in [5.41, 5.74) is 1.66. The maximum atomic E-state index is 11.4. The number of carboxylic acids is 1. The van der Waals surface area contributed by atoms with Gasteiger partial charge in [-0.1, -0.05) is 44.0 Å². The molecule has 0 aliphatic carbocycles. The van der Waals surface area contributed by atoms with Gasteiger partial charge in [-0.3, -0.25) is 9.98 Å². The molecule has 9 heteroatoms. The standard InChI is InChI=1S/C10H10BrNO2.C9H8BrN3O/c1-7(10(13)14)12-6-8-2-4-9(11)5-3-8;1-6-11-9(14)13(12-6)8-4-2-7(10)3-5-8/h2-5H,6H2,1H3,(H,13,14);2-5H,1H3,(H,11,12,14). The summed E-state index contributed by atoms with van der Waals surface area (Å²) >= 11 is 6.64. The molecule has 0 bridgehead atoms. The van der Waals surface area contributed by atoms with E-state index in [0.29, 0.717) is 12.4 Å². The molecule has 0 saturated carbocycles. The second-order valence-corrected chi connectivity index (χ2v) is 7.57. The quantitative estimate of drug-likeness (QED) is 0.516. The number of carboxylic acid groups (broad SMARTS) is 1. The zero-order valence-corrected chi connectivity index (χ0v) is 18.4. The number of hydrogen-bond donors (Lipinski definition) is 2. The lowest BCUT2D eigenvalue weighted by molar-refractivity contribution is -0.129. The van der Waals surface area contributed by atoms with Crippen LogP contribution in [0.4, 0.5) is 0 Å². The Kier molecular flexibility index (Phi) is 7.89. The number of carbonyl (C=O) groups is 1. The Bertz CT molecular complexity index is 1020. The Morgan fingerprint density at radius 1 is 1.11 bits per heavy atom. The summed E-state index contributed by atoms with van der Waals surface area (Å²) in [5, 5.41) is 12.6. The lowest BCUT2D eigenvalue weighted by atomic mass is 10.2. The number of aryl methyl sites for hydroxylation is 1. The number of hydrogen-bond acceptors (Lipinski definition) is 4. The van der Waals surface area contributed by atoms with Crippen molar-refractivity contribution >= 4 is 43.5 Å². The van der Waals surface area contributed by atoms with Crippen LogP contribution in [0.15, 0.2) is 67.3 Å². The highest BCUT2D eigenvalue weighted by Crippen LogP contribution is 2.12. The van der Waals surface area contributed by atoms with E-state index >= 15 is 0 Å². The van der Waals surface area contributed by atoms with Crippen LogP contribution in [0, 0.1) is 6.92 Å². The molecule has 0 unspecified atom stereocenters. The van der Waals surface area contributed by atoms with Crippen molar-refractivity contribution in [3.63, 3.8) is 0 Å². The molecule has 0 atom stereocenters. The number of aromatic amines is 1. The lowest BCUT2D eigenvalue weighted by Gasteiger charge is -1.98. The van der Waals surface area contributed by atoms with E-state index in [1.54, 1.807) is 6.92 Å². The van der Waals surface area contributed by atoms with Crippen LogP contribution in [-0.4, -0.2) is 31.6 Å². The number of nitrogens with one attached hydrogen (secondary N) is 1. The van der Waals surface area contributed by atoms with Gasteiger partial charge in [0, 0.05) is 8.95 Å². The molecule has 2 N–H and O–H groups in total. The Balaban J connectivity index is 0.000000200. The summed E-state index contributed by atoms with van der Waals surface area (Å²) in [6.07, 6.45) is 0. The van der Waals surface area contributed by atoms with Gasteiger partial charge in [-0.25, -0.2) is 9.59 Å². The molecule has 28 heavy (non-hydrogen) atoms. The van der Waals surface area contributed by atoms with E-state index in [9.17, 15) is 9.59 Å². The largest absolute Gasteiger partial charge is 0.477 e. The number of halogens is 2. The third-order valence-corrected chi connectivity index (χ3v) is 4.58. The highest BCUT2D eigenvalue weighted by Gasteiger charge is 2.03. The molecule has 1 heterocycles. The fraction of sp³-hybridized carbons (Fsp3) is 0.158. The Hall–Kier alpha value is -2.52. The number of aliphatic carboxylic acids is 1. The summed E-state index contributed by atoms with van der Waals surface area (Å²) in [5.74, 6) is -0.361. The first-order chi connectivity index (χ1) is 13.3. The third-order valence-electron chi connectivity index (χ3n) is 3.52.